The number of hydrogen-bond donors (Lipinski definition) is 1. The van der Waals surface area contributed by atoms with E-state index in [0.717, 1.165) is 10.5 Å². The van der Waals surface area contributed by atoms with Gasteiger partial charge in [-0.05, 0) is 66.2 Å². The minimum Gasteiger partial charge on any atom is -0.497 e. The van der Waals surface area contributed by atoms with Crippen LogP contribution in [0.4, 0.5) is 14.9 Å². The number of benzene rings is 3. The van der Waals surface area contributed by atoms with E-state index in [9.17, 15) is 18.8 Å². The molecular formula is C25H18BrFN2O5. The number of hydrogen-bond acceptors (Lipinski definition) is 5. The molecule has 1 fully saturated rings. The largest absolute Gasteiger partial charge is 0.497 e. The molecule has 0 bridgehead atoms. The van der Waals surface area contributed by atoms with Gasteiger partial charge in [-0.3, -0.25) is 14.9 Å². The molecule has 0 unspecified atom stereocenters. The maximum atomic E-state index is 13.2. The molecule has 0 saturated carbocycles. The number of urea groups is 1. The molecule has 34 heavy (non-hydrogen) atoms. The maximum Gasteiger partial charge on any atom is 0.335 e. The average molecular weight is 525 g/mol. The molecule has 0 spiro atoms. The molecule has 1 aliphatic heterocycles. The molecule has 0 radical (unpaired) electrons. The fraction of sp³-hybridized carbons (Fsp3) is 0.0800. The summed E-state index contributed by atoms with van der Waals surface area (Å²) < 4.78 is 24.8. The van der Waals surface area contributed by atoms with Crippen LogP contribution >= 0.6 is 15.9 Å². The van der Waals surface area contributed by atoms with Crippen LogP contribution in [0.3, 0.4) is 0 Å². The highest BCUT2D eigenvalue weighted by Gasteiger charge is 2.37. The number of nitrogens with one attached hydrogen (secondary N) is 1. The number of carbonyl (C=O) groups is 3. The maximum absolute atomic E-state index is 13.2. The third-order valence-corrected chi connectivity index (χ3v) is 5.50. The van der Waals surface area contributed by atoms with Gasteiger partial charge in [0.25, 0.3) is 11.8 Å². The molecule has 0 atom stereocenters. The first-order valence-electron chi connectivity index (χ1n) is 10.1. The van der Waals surface area contributed by atoms with Gasteiger partial charge in [0.05, 0.1) is 12.8 Å². The highest BCUT2D eigenvalue weighted by Crippen LogP contribution is 2.29. The number of carbonyl (C=O) groups excluding carboxylic acids is 3. The second-order valence-corrected chi connectivity index (χ2v) is 8.17. The van der Waals surface area contributed by atoms with E-state index in [2.05, 4.69) is 21.2 Å². The summed E-state index contributed by atoms with van der Waals surface area (Å²) >= 11 is 3.38. The van der Waals surface area contributed by atoms with Gasteiger partial charge >= 0.3 is 6.03 Å². The summed E-state index contributed by atoms with van der Waals surface area (Å²) in [5, 5.41) is 2.19. The minimum atomic E-state index is -0.848. The Balaban J connectivity index is 1.65. The lowest BCUT2D eigenvalue weighted by Gasteiger charge is -2.26. The third kappa shape index (κ3) is 4.99. The van der Waals surface area contributed by atoms with Gasteiger partial charge in [-0.15, -0.1) is 0 Å². The van der Waals surface area contributed by atoms with E-state index in [-0.39, 0.29) is 23.7 Å². The van der Waals surface area contributed by atoms with Crippen molar-refractivity contribution in [2.75, 3.05) is 12.0 Å². The molecule has 7 nitrogen and oxygen atoms in total. The lowest BCUT2D eigenvalue weighted by atomic mass is 10.1. The molecule has 4 rings (SSSR count). The molecule has 1 saturated heterocycles. The quantitative estimate of drug-likeness (QED) is 0.368. The Labute approximate surface area is 202 Å². The Morgan fingerprint density at radius 1 is 1.00 bits per heavy atom. The van der Waals surface area contributed by atoms with Gasteiger partial charge < -0.3 is 9.47 Å². The Morgan fingerprint density at radius 2 is 1.71 bits per heavy atom. The number of imide groups is 2. The summed E-state index contributed by atoms with van der Waals surface area (Å²) in [7, 11) is 1.50. The number of halogens is 2. The summed E-state index contributed by atoms with van der Waals surface area (Å²) in [5.41, 5.74) is 1.23. The van der Waals surface area contributed by atoms with Crippen LogP contribution in [0.5, 0.6) is 11.5 Å². The predicted molar refractivity (Wildman–Crippen MR) is 127 cm³/mol. The van der Waals surface area contributed by atoms with Crippen LogP contribution in [0.2, 0.25) is 0 Å². The summed E-state index contributed by atoms with van der Waals surface area (Å²) in [4.78, 5) is 39.0. The Hall–Kier alpha value is -3.98. The van der Waals surface area contributed by atoms with Crippen molar-refractivity contribution in [2.45, 2.75) is 6.61 Å². The number of methoxy groups -OCH3 is 1. The highest BCUT2D eigenvalue weighted by atomic mass is 79.9. The number of rotatable bonds is 6. The highest BCUT2D eigenvalue weighted by molar-refractivity contribution is 9.10. The fourth-order valence-electron chi connectivity index (χ4n) is 3.28. The second kappa shape index (κ2) is 9.88. The fourth-order valence-corrected chi connectivity index (χ4v) is 3.66. The Morgan fingerprint density at radius 3 is 2.38 bits per heavy atom. The number of ether oxygens (including phenoxy) is 2. The average Bonchev–Trinajstić information content (AvgIpc) is 2.82. The van der Waals surface area contributed by atoms with Crippen LogP contribution in [0.1, 0.15) is 11.1 Å². The van der Waals surface area contributed by atoms with Crippen LogP contribution in [0.15, 0.2) is 76.8 Å². The van der Waals surface area contributed by atoms with Crippen LogP contribution in [-0.4, -0.2) is 25.0 Å². The van der Waals surface area contributed by atoms with E-state index < -0.39 is 17.8 Å². The first-order chi connectivity index (χ1) is 16.4. The lowest BCUT2D eigenvalue weighted by molar-refractivity contribution is -0.122. The molecular weight excluding hydrogens is 507 g/mol. The molecule has 3 aromatic carbocycles. The first-order valence-corrected chi connectivity index (χ1v) is 10.9. The zero-order chi connectivity index (χ0) is 24.2. The number of barbiturate groups is 1. The van der Waals surface area contributed by atoms with E-state index in [0.29, 0.717) is 21.5 Å². The van der Waals surface area contributed by atoms with Gasteiger partial charge in [0.2, 0.25) is 0 Å². The molecule has 172 valence electrons. The van der Waals surface area contributed by atoms with E-state index in [1.807, 2.05) is 0 Å². The third-order valence-electron chi connectivity index (χ3n) is 5.01. The SMILES string of the molecule is COc1ccc(N2C(=O)NC(=O)/C(=C\c3cc(Br)ccc3OCc3ccc(F)cc3)C2=O)cc1. The molecule has 0 aromatic heterocycles. The minimum absolute atomic E-state index is 0.148. The zero-order valence-electron chi connectivity index (χ0n) is 17.9. The summed E-state index contributed by atoms with van der Waals surface area (Å²) in [6.07, 6.45) is 1.37. The Kier molecular flexibility index (Phi) is 6.74. The van der Waals surface area contributed by atoms with Crippen molar-refractivity contribution in [3.05, 3.63) is 93.7 Å². The number of anilines is 1. The smallest absolute Gasteiger partial charge is 0.335 e. The zero-order valence-corrected chi connectivity index (χ0v) is 19.5. The van der Waals surface area contributed by atoms with Crippen molar-refractivity contribution in [3.63, 3.8) is 0 Å². The normalized spacial score (nSPS) is 14.9. The molecule has 4 amide bonds. The van der Waals surface area contributed by atoms with Crippen LogP contribution in [0.25, 0.3) is 6.08 Å². The van der Waals surface area contributed by atoms with Crippen molar-refractivity contribution in [3.8, 4) is 11.5 Å². The van der Waals surface area contributed by atoms with Gasteiger partial charge in [0, 0.05) is 10.0 Å². The van der Waals surface area contributed by atoms with E-state index >= 15 is 0 Å². The van der Waals surface area contributed by atoms with E-state index in [4.69, 9.17) is 9.47 Å². The molecule has 1 heterocycles. The predicted octanol–water partition coefficient (Wildman–Crippen LogP) is 4.84. The van der Waals surface area contributed by atoms with Gasteiger partial charge in [0.1, 0.15) is 29.5 Å². The molecule has 1 aliphatic rings. The standard InChI is InChI=1S/C25H18BrFN2O5/c1-33-20-9-7-19(8-10-20)29-24(31)21(23(30)28-25(29)32)13-16-12-17(26)4-11-22(16)34-14-15-2-5-18(27)6-3-15/h2-13H,14H2,1H3,(H,28,30,32)/b21-13+. The van der Waals surface area contributed by atoms with Crippen LogP contribution in [0, 0.1) is 5.82 Å². The van der Waals surface area contributed by atoms with Gasteiger partial charge in [0.15, 0.2) is 0 Å². The molecule has 0 aliphatic carbocycles. The van der Waals surface area contributed by atoms with Gasteiger partial charge in [-0.25, -0.2) is 14.1 Å². The first kappa shape index (κ1) is 23.2. The number of nitrogens with zero attached hydrogens (tertiary/aromatic N) is 1. The van der Waals surface area contributed by atoms with E-state index in [1.54, 1.807) is 54.6 Å². The molecule has 9 heteroatoms. The summed E-state index contributed by atoms with van der Waals surface area (Å²) in [6.45, 7) is 0.148. The van der Waals surface area contributed by atoms with Gasteiger partial charge in [-0.2, -0.15) is 0 Å². The van der Waals surface area contributed by atoms with Crippen molar-refractivity contribution in [1.82, 2.24) is 5.32 Å². The van der Waals surface area contributed by atoms with Crippen molar-refractivity contribution in [2.24, 2.45) is 0 Å². The van der Waals surface area contributed by atoms with Crippen molar-refractivity contribution >= 4 is 45.5 Å². The van der Waals surface area contributed by atoms with Crippen LogP contribution in [-0.2, 0) is 16.2 Å². The van der Waals surface area contributed by atoms with Crippen LogP contribution < -0.4 is 19.7 Å². The summed E-state index contributed by atoms with van der Waals surface area (Å²) in [6, 6.07) is 16.4. The topological polar surface area (TPSA) is 84.9 Å². The molecule has 3 aromatic rings. The Bertz CT molecular complexity index is 1290. The van der Waals surface area contributed by atoms with Crippen molar-refractivity contribution < 1.29 is 28.2 Å². The van der Waals surface area contributed by atoms with Crippen molar-refractivity contribution in [1.29, 1.82) is 0 Å². The van der Waals surface area contributed by atoms with Gasteiger partial charge in [-0.1, -0.05) is 28.1 Å². The number of amides is 4. The monoisotopic (exact) mass is 524 g/mol. The second-order valence-electron chi connectivity index (χ2n) is 7.25. The van der Waals surface area contributed by atoms with E-state index in [1.165, 1.54) is 25.3 Å². The molecule has 1 N–H and O–H groups in total. The summed E-state index contributed by atoms with van der Waals surface area (Å²) in [5.74, 6) is -0.991. The lowest BCUT2D eigenvalue weighted by Crippen LogP contribution is -2.54.